The van der Waals surface area contributed by atoms with Crippen molar-refractivity contribution in [2.75, 3.05) is 13.7 Å². The number of carbonyl (C=O) groups is 2. The number of halogens is 3. The maximum absolute atomic E-state index is 12.6. The zero-order chi connectivity index (χ0) is 19.2. The van der Waals surface area contributed by atoms with Crippen molar-refractivity contribution in [3.8, 4) is 11.8 Å². The normalized spacial score (nSPS) is 10.5. The number of rotatable bonds is 3. The minimum Gasteiger partial charge on any atom is -0.465 e. The average Bonchev–Trinajstić information content (AvgIpc) is 2.64. The topological polar surface area (TPSA) is 55.4 Å². The molecule has 0 fully saturated rings. The van der Waals surface area contributed by atoms with E-state index in [1.807, 2.05) is 0 Å². The van der Waals surface area contributed by atoms with Crippen molar-refractivity contribution < 1.29 is 27.5 Å². The van der Waals surface area contributed by atoms with E-state index in [4.69, 9.17) is 0 Å². The van der Waals surface area contributed by atoms with Gasteiger partial charge >= 0.3 is 12.1 Å². The molecule has 2 aromatic carbocycles. The van der Waals surface area contributed by atoms with Gasteiger partial charge in [-0.25, -0.2) is 4.79 Å². The number of nitrogens with one attached hydrogen (secondary N) is 1. The van der Waals surface area contributed by atoms with Crippen LogP contribution in [0.1, 0.15) is 31.8 Å². The molecular weight excluding hydrogens is 347 g/mol. The number of carbonyl (C=O) groups excluding carboxylic acids is 2. The number of ether oxygens (including phenoxy) is 1. The van der Waals surface area contributed by atoms with Crippen LogP contribution in [0, 0.1) is 11.8 Å². The van der Waals surface area contributed by atoms with E-state index in [1.165, 1.54) is 31.4 Å². The first kappa shape index (κ1) is 19.1. The molecule has 1 N–H and O–H groups in total. The summed E-state index contributed by atoms with van der Waals surface area (Å²) in [4.78, 5) is 23.8. The van der Waals surface area contributed by atoms with Crippen LogP contribution in [0.25, 0.3) is 0 Å². The van der Waals surface area contributed by atoms with Gasteiger partial charge in [-0.1, -0.05) is 30.0 Å². The largest absolute Gasteiger partial charge is 0.465 e. The third-order valence-corrected chi connectivity index (χ3v) is 3.34. The fourth-order valence-corrected chi connectivity index (χ4v) is 2.11. The highest BCUT2D eigenvalue weighted by Crippen LogP contribution is 2.29. The molecule has 2 aromatic rings. The highest BCUT2D eigenvalue weighted by atomic mass is 19.4. The minimum absolute atomic E-state index is 0.0927. The highest BCUT2D eigenvalue weighted by Gasteiger charge is 2.30. The summed E-state index contributed by atoms with van der Waals surface area (Å²) in [5.74, 6) is 3.95. The Morgan fingerprint density at radius 3 is 2.42 bits per heavy atom. The van der Waals surface area contributed by atoms with Crippen molar-refractivity contribution in [2.45, 2.75) is 6.18 Å². The monoisotopic (exact) mass is 361 g/mol. The van der Waals surface area contributed by atoms with Gasteiger partial charge in [0.05, 0.1) is 30.3 Å². The summed E-state index contributed by atoms with van der Waals surface area (Å²) in [6.07, 6.45) is -4.44. The minimum atomic E-state index is -4.44. The second-order valence-electron chi connectivity index (χ2n) is 5.10. The highest BCUT2D eigenvalue weighted by molar-refractivity contribution is 6.05. The number of alkyl halides is 3. The summed E-state index contributed by atoms with van der Waals surface area (Å²) in [6, 6.07) is 10.7. The van der Waals surface area contributed by atoms with Crippen LogP contribution in [0.15, 0.2) is 48.5 Å². The van der Waals surface area contributed by atoms with Crippen molar-refractivity contribution in [3.05, 3.63) is 70.8 Å². The number of methoxy groups -OCH3 is 1. The number of amides is 1. The third kappa shape index (κ3) is 4.86. The summed E-state index contributed by atoms with van der Waals surface area (Å²) in [5, 5.41) is 2.49. The molecule has 0 unspecified atom stereocenters. The Hall–Kier alpha value is -3.27. The first-order chi connectivity index (χ1) is 12.3. The van der Waals surface area contributed by atoms with Gasteiger partial charge < -0.3 is 10.1 Å². The van der Waals surface area contributed by atoms with E-state index in [9.17, 15) is 22.8 Å². The Morgan fingerprint density at radius 1 is 1.08 bits per heavy atom. The zero-order valence-electron chi connectivity index (χ0n) is 13.7. The standard InChI is InChI=1S/C19H14F3NO3/c1-26-18(25)16-10-3-2-9-15(16)17(24)23-11-5-7-13-6-4-8-14(12-13)19(20,21)22/h2-4,6,8-10,12H,11H2,1H3,(H,23,24). The molecule has 0 saturated heterocycles. The second kappa shape index (κ2) is 8.21. The number of hydrogen-bond acceptors (Lipinski definition) is 3. The van der Waals surface area contributed by atoms with E-state index in [2.05, 4.69) is 21.9 Å². The average molecular weight is 361 g/mol. The van der Waals surface area contributed by atoms with Crippen molar-refractivity contribution in [2.24, 2.45) is 0 Å². The molecule has 0 aliphatic rings. The molecule has 0 heterocycles. The Morgan fingerprint density at radius 2 is 1.77 bits per heavy atom. The lowest BCUT2D eigenvalue weighted by molar-refractivity contribution is -0.137. The summed E-state index contributed by atoms with van der Waals surface area (Å²) in [7, 11) is 1.21. The smallest absolute Gasteiger partial charge is 0.416 e. The molecular formula is C19H14F3NO3. The van der Waals surface area contributed by atoms with Crippen molar-refractivity contribution in [3.63, 3.8) is 0 Å². The van der Waals surface area contributed by atoms with Gasteiger partial charge in [0.1, 0.15) is 0 Å². The predicted octanol–water partition coefficient (Wildman–Crippen LogP) is 3.27. The van der Waals surface area contributed by atoms with E-state index in [0.717, 1.165) is 12.1 Å². The third-order valence-electron chi connectivity index (χ3n) is 3.34. The molecule has 26 heavy (non-hydrogen) atoms. The molecule has 7 heteroatoms. The van der Waals surface area contributed by atoms with Crippen molar-refractivity contribution in [1.29, 1.82) is 0 Å². The molecule has 0 spiro atoms. The first-order valence-corrected chi connectivity index (χ1v) is 7.44. The molecule has 0 aliphatic carbocycles. The van der Waals surface area contributed by atoms with Crippen LogP contribution in [-0.4, -0.2) is 25.5 Å². The molecule has 0 bridgehead atoms. The summed E-state index contributed by atoms with van der Waals surface area (Å²) < 4.78 is 42.5. The molecule has 0 saturated carbocycles. The van der Waals surface area contributed by atoms with E-state index < -0.39 is 23.6 Å². The van der Waals surface area contributed by atoms with Crippen LogP contribution in [0.5, 0.6) is 0 Å². The molecule has 4 nitrogen and oxygen atoms in total. The fourth-order valence-electron chi connectivity index (χ4n) is 2.11. The Balaban J connectivity index is 2.05. The lowest BCUT2D eigenvalue weighted by Crippen LogP contribution is -2.25. The summed E-state index contributed by atoms with van der Waals surface area (Å²) in [6.45, 7) is -0.0927. The molecule has 134 valence electrons. The predicted molar refractivity (Wildman–Crippen MR) is 88.4 cm³/mol. The molecule has 0 aliphatic heterocycles. The lowest BCUT2D eigenvalue weighted by atomic mass is 10.1. The molecule has 0 radical (unpaired) electrons. The van der Waals surface area contributed by atoms with E-state index in [-0.39, 0.29) is 23.2 Å². The maximum Gasteiger partial charge on any atom is 0.416 e. The van der Waals surface area contributed by atoms with Gasteiger partial charge in [0, 0.05) is 5.56 Å². The van der Waals surface area contributed by atoms with Gasteiger partial charge in [-0.05, 0) is 30.3 Å². The summed E-state index contributed by atoms with van der Waals surface area (Å²) >= 11 is 0. The number of hydrogen-bond donors (Lipinski definition) is 1. The Labute approximate surface area is 148 Å². The maximum atomic E-state index is 12.6. The van der Waals surface area contributed by atoms with Crippen molar-refractivity contribution >= 4 is 11.9 Å². The van der Waals surface area contributed by atoms with Gasteiger partial charge in [0.25, 0.3) is 5.91 Å². The van der Waals surface area contributed by atoms with Gasteiger partial charge in [-0.15, -0.1) is 0 Å². The van der Waals surface area contributed by atoms with Crippen LogP contribution in [0.4, 0.5) is 13.2 Å². The molecule has 1 amide bonds. The Kier molecular flexibility index (Phi) is 6.02. The van der Waals surface area contributed by atoms with Gasteiger partial charge in [-0.3, -0.25) is 4.79 Å². The summed E-state index contributed by atoms with van der Waals surface area (Å²) in [5.41, 5.74) is -0.372. The van der Waals surface area contributed by atoms with Crippen LogP contribution >= 0.6 is 0 Å². The first-order valence-electron chi connectivity index (χ1n) is 7.44. The van der Waals surface area contributed by atoms with Gasteiger partial charge in [0.2, 0.25) is 0 Å². The zero-order valence-corrected chi connectivity index (χ0v) is 13.7. The van der Waals surface area contributed by atoms with Gasteiger partial charge in [0.15, 0.2) is 0 Å². The number of esters is 1. The fraction of sp³-hybridized carbons (Fsp3) is 0.158. The van der Waals surface area contributed by atoms with Gasteiger partial charge in [-0.2, -0.15) is 13.2 Å². The molecule has 0 atom stereocenters. The lowest BCUT2D eigenvalue weighted by Gasteiger charge is -2.07. The van der Waals surface area contributed by atoms with Crippen LogP contribution in [-0.2, 0) is 10.9 Å². The van der Waals surface area contributed by atoms with E-state index in [0.29, 0.717) is 0 Å². The SMILES string of the molecule is COC(=O)c1ccccc1C(=O)NCC#Cc1cccc(C(F)(F)F)c1. The van der Waals surface area contributed by atoms with Crippen LogP contribution < -0.4 is 5.32 Å². The molecule has 2 rings (SSSR count). The Bertz CT molecular complexity index is 879. The number of benzene rings is 2. The quantitative estimate of drug-likeness (QED) is 0.674. The van der Waals surface area contributed by atoms with Crippen LogP contribution in [0.3, 0.4) is 0 Å². The second-order valence-corrected chi connectivity index (χ2v) is 5.10. The van der Waals surface area contributed by atoms with Crippen molar-refractivity contribution in [1.82, 2.24) is 5.32 Å². The van der Waals surface area contributed by atoms with E-state index in [1.54, 1.807) is 12.1 Å². The van der Waals surface area contributed by atoms with E-state index >= 15 is 0 Å². The molecule has 0 aromatic heterocycles. The van der Waals surface area contributed by atoms with Crippen LogP contribution in [0.2, 0.25) is 0 Å².